The van der Waals surface area contributed by atoms with E-state index in [0.29, 0.717) is 16.3 Å². The maximum atomic E-state index is 12.3. The average molecular weight is 324 g/mol. The summed E-state index contributed by atoms with van der Waals surface area (Å²) in [4.78, 5) is 7.82. The van der Waals surface area contributed by atoms with Crippen molar-refractivity contribution in [3.8, 4) is 0 Å². The molecule has 3 aromatic rings. The third-order valence-corrected chi connectivity index (χ3v) is 4.24. The molecule has 1 N–H and O–H groups in total. The fourth-order valence-electron chi connectivity index (χ4n) is 1.77. The first-order valence-corrected chi connectivity index (χ1v) is 7.79. The number of nitrogens with one attached hydrogen (secondary N) is 1. The Hall–Kier alpha value is -2.19. The topological polar surface area (TPSA) is 89.2 Å². The quantitative estimate of drug-likeness (QED) is 0.795. The van der Waals surface area contributed by atoms with E-state index in [-0.39, 0.29) is 10.9 Å². The molecule has 0 radical (unpaired) electrons. The van der Waals surface area contributed by atoms with E-state index in [4.69, 9.17) is 11.6 Å². The molecule has 3 rings (SSSR count). The lowest BCUT2D eigenvalue weighted by Crippen LogP contribution is -2.15. The van der Waals surface area contributed by atoms with Crippen molar-refractivity contribution in [3.63, 3.8) is 0 Å². The zero-order valence-corrected chi connectivity index (χ0v) is 12.4. The molecule has 2 aromatic heterocycles. The summed E-state index contributed by atoms with van der Waals surface area (Å²) in [6, 6.07) is 6.72. The van der Waals surface area contributed by atoms with Crippen LogP contribution in [0, 0.1) is 6.92 Å². The number of hydrogen-bond acceptors (Lipinski definition) is 5. The fraction of sp³-hybridized carbons (Fsp3) is 0.0833. The molecular weight excluding hydrogens is 314 g/mol. The molecular formula is C12H10ClN5O2S. The highest BCUT2D eigenvalue weighted by molar-refractivity contribution is 7.92. The molecule has 0 aliphatic carbocycles. The molecule has 108 valence electrons. The van der Waals surface area contributed by atoms with Gasteiger partial charge in [0.15, 0.2) is 0 Å². The van der Waals surface area contributed by atoms with Crippen molar-refractivity contribution < 1.29 is 8.42 Å². The second kappa shape index (κ2) is 4.97. The zero-order chi connectivity index (χ0) is 15.0. The smallest absolute Gasteiger partial charge is 0.275 e. The number of rotatable bonds is 3. The monoisotopic (exact) mass is 323 g/mol. The normalized spacial score (nSPS) is 11.7. The van der Waals surface area contributed by atoms with E-state index in [2.05, 4.69) is 19.8 Å². The lowest BCUT2D eigenvalue weighted by atomic mass is 10.2. The van der Waals surface area contributed by atoms with Gasteiger partial charge in [-0.1, -0.05) is 23.7 Å². The number of para-hydroxylation sites is 1. The molecule has 0 spiro atoms. The summed E-state index contributed by atoms with van der Waals surface area (Å²) in [6.07, 6.45) is 3.07. The molecule has 0 unspecified atom stereocenters. The lowest BCUT2D eigenvalue weighted by molar-refractivity contribution is 0.592. The van der Waals surface area contributed by atoms with Crippen molar-refractivity contribution in [2.24, 2.45) is 0 Å². The van der Waals surface area contributed by atoms with Gasteiger partial charge in [-0.2, -0.15) is 13.4 Å². The summed E-state index contributed by atoms with van der Waals surface area (Å²) < 4.78 is 28.4. The van der Waals surface area contributed by atoms with E-state index in [9.17, 15) is 8.42 Å². The van der Waals surface area contributed by atoms with Crippen LogP contribution in [0.1, 0.15) is 5.56 Å². The van der Waals surface area contributed by atoms with Gasteiger partial charge in [0, 0.05) is 12.4 Å². The molecule has 0 bridgehead atoms. The summed E-state index contributed by atoms with van der Waals surface area (Å²) >= 11 is 6.02. The Labute approximate surface area is 125 Å². The molecule has 1 aromatic carbocycles. The Morgan fingerprint density at radius 3 is 2.81 bits per heavy atom. The molecule has 0 aliphatic rings. The molecule has 0 amide bonds. The van der Waals surface area contributed by atoms with Gasteiger partial charge >= 0.3 is 0 Å². The van der Waals surface area contributed by atoms with Crippen LogP contribution in [0.3, 0.4) is 0 Å². The second-order valence-corrected chi connectivity index (χ2v) is 6.28. The Balaban J connectivity index is 2.04. The fourth-order valence-corrected chi connectivity index (χ4v) is 3.12. The highest BCUT2D eigenvalue weighted by Crippen LogP contribution is 2.27. The first-order valence-electron chi connectivity index (χ1n) is 5.93. The van der Waals surface area contributed by atoms with E-state index in [1.54, 1.807) is 37.4 Å². The van der Waals surface area contributed by atoms with E-state index < -0.39 is 10.0 Å². The average Bonchev–Trinajstić information content (AvgIpc) is 2.88. The van der Waals surface area contributed by atoms with Gasteiger partial charge in [0.1, 0.15) is 0 Å². The maximum Gasteiger partial charge on any atom is 0.299 e. The van der Waals surface area contributed by atoms with Crippen LogP contribution in [0.2, 0.25) is 5.02 Å². The Morgan fingerprint density at radius 2 is 2.10 bits per heavy atom. The van der Waals surface area contributed by atoms with E-state index in [1.807, 2.05) is 0 Å². The van der Waals surface area contributed by atoms with E-state index in [1.165, 1.54) is 10.7 Å². The van der Waals surface area contributed by atoms with Gasteiger partial charge in [-0.15, -0.1) is 5.10 Å². The van der Waals surface area contributed by atoms with Crippen LogP contribution in [0.15, 0.2) is 41.8 Å². The van der Waals surface area contributed by atoms with Crippen molar-refractivity contribution in [2.75, 3.05) is 4.72 Å². The first kappa shape index (κ1) is 13.8. The van der Waals surface area contributed by atoms with Crippen molar-refractivity contribution in [1.29, 1.82) is 0 Å². The van der Waals surface area contributed by atoms with Gasteiger partial charge in [-0.3, -0.25) is 4.72 Å². The van der Waals surface area contributed by atoms with Crippen molar-refractivity contribution in [2.45, 2.75) is 12.1 Å². The number of nitrogens with zero attached hydrogens (tertiary/aromatic N) is 4. The molecule has 0 saturated carbocycles. The molecule has 0 atom stereocenters. The number of aryl methyl sites for hydroxylation is 1. The second-order valence-electron chi connectivity index (χ2n) is 4.30. The number of fused-ring (bicyclic) bond motifs is 1. The van der Waals surface area contributed by atoms with Crippen LogP contribution in [-0.2, 0) is 10.0 Å². The summed E-state index contributed by atoms with van der Waals surface area (Å²) in [5.74, 6) is 0.203. The maximum absolute atomic E-state index is 12.3. The molecule has 7 nitrogen and oxygen atoms in total. The first-order chi connectivity index (χ1) is 9.97. The summed E-state index contributed by atoms with van der Waals surface area (Å²) in [5.41, 5.74) is 1.01. The number of sulfonamides is 1. The third kappa shape index (κ3) is 2.55. The molecule has 0 fully saturated rings. The largest absolute Gasteiger partial charge is 0.299 e. The van der Waals surface area contributed by atoms with Crippen LogP contribution in [0.5, 0.6) is 0 Å². The van der Waals surface area contributed by atoms with Gasteiger partial charge < -0.3 is 0 Å². The Morgan fingerprint density at radius 1 is 1.29 bits per heavy atom. The molecule has 21 heavy (non-hydrogen) atoms. The van der Waals surface area contributed by atoms with E-state index >= 15 is 0 Å². The predicted octanol–water partition coefficient (Wildman–Crippen LogP) is 1.89. The minimum absolute atomic E-state index is 0.203. The van der Waals surface area contributed by atoms with E-state index in [0.717, 1.165) is 0 Å². The molecule has 0 saturated heterocycles. The predicted molar refractivity (Wildman–Crippen MR) is 77.8 cm³/mol. The number of benzene rings is 1. The van der Waals surface area contributed by atoms with Gasteiger partial charge in [-0.05, 0) is 24.6 Å². The van der Waals surface area contributed by atoms with Crippen LogP contribution in [-0.4, -0.2) is 28.0 Å². The third-order valence-electron chi connectivity index (χ3n) is 2.80. The van der Waals surface area contributed by atoms with Crippen LogP contribution < -0.4 is 4.72 Å². The lowest BCUT2D eigenvalue weighted by Gasteiger charge is -2.09. The number of anilines is 1. The SMILES string of the molecule is Cc1cccc(Cl)c1NS(=O)(=O)c1nc2ncccn2n1. The Kier molecular flexibility index (Phi) is 3.26. The standard InChI is InChI=1S/C12H10ClN5O2S/c1-8-4-2-5-9(13)10(8)17-21(19,20)12-15-11-14-6-3-7-18(11)16-12/h2-7,17H,1H3. The highest BCUT2D eigenvalue weighted by Gasteiger charge is 2.22. The summed E-state index contributed by atoms with van der Waals surface area (Å²) in [5, 5.41) is 3.83. The highest BCUT2D eigenvalue weighted by atomic mass is 35.5. The van der Waals surface area contributed by atoms with Gasteiger partial charge in [0.2, 0.25) is 0 Å². The van der Waals surface area contributed by atoms with Gasteiger partial charge in [0.05, 0.1) is 10.7 Å². The minimum Gasteiger partial charge on any atom is -0.275 e. The molecule has 0 aliphatic heterocycles. The minimum atomic E-state index is -3.94. The van der Waals surface area contributed by atoms with Crippen molar-refractivity contribution in [1.82, 2.24) is 19.6 Å². The van der Waals surface area contributed by atoms with Crippen molar-refractivity contribution in [3.05, 3.63) is 47.2 Å². The van der Waals surface area contributed by atoms with Crippen LogP contribution in [0.4, 0.5) is 5.69 Å². The number of halogens is 1. The number of hydrogen-bond donors (Lipinski definition) is 1. The zero-order valence-electron chi connectivity index (χ0n) is 10.9. The van der Waals surface area contributed by atoms with Crippen LogP contribution in [0.25, 0.3) is 5.78 Å². The van der Waals surface area contributed by atoms with Crippen molar-refractivity contribution >= 4 is 33.1 Å². The Bertz CT molecular complexity index is 869. The molecule has 2 heterocycles. The van der Waals surface area contributed by atoms with Gasteiger partial charge in [-0.25, -0.2) is 9.50 Å². The number of aromatic nitrogens is 4. The van der Waals surface area contributed by atoms with Crippen LogP contribution >= 0.6 is 11.6 Å². The summed E-state index contributed by atoms with van der Waals surface area (Å²) in [7, 11) is -3.94. The molecule has 9 heteroatoms. The van der Waals surface area contributed by atoms with Gasteiger partial charge in [0.25, 0.3) is 21.0 Å². The summed E-state index contributed by atoms with van der Waals surface area (Å²) in [6.45, 7) is 1.75.